The molecule has 3 rings (SSSR count). The fraction of sp³-hybridized carbons (Fsp3) is 0.143. The topological polar surface area (TPSA) is 54.6 Å². The van der Waals surface area contributed by atoms with Crippen molar-refractivity contribution in [3.8, 4) is 11.1 Å². The van der Waals surface area contributed by atoms with Gasteiger partial charge in [-0.2, -0.15) is 5.10 Å². The Labute approximate surface area is 161 Å². The normalized spacial score (nSPS) is 12.0. The number of aromatic nitrogens is 2. The van der Waals surface area contributed by atoms with Crippen molar-refractivity contribution in [1.82, 2.24) is 9.61 Å². The van der Waals surface area contributed by atoms with Gasteiger partial charge < -0.3 is 5.11 Å². The predicted molar refractivity (Wildman–Crippen MR) is 105 cm³/mol. The molecule has 27 heavy (non-hydrogen) atoms. The molecule has 0 fully saturated rings. The number of carboxylic acids is 1. The lowest BCUT2D eigenvalue weighted by Crippen LogP contribution is -2.06. The van der Waals surface area contributed by atoms with Gasteiger partial charge >= 0.3 is 5.97 Å². The Morgan fingerprint density at radius 2 is 1.89 bits per heavy atom. The van der Waals surface area contributed by atoms with Crippen LogP contribution in [0, 0.1) is 5.82 Å². The zero-order chi connectivity index (χ0) is 19.6. The van der Waals surface area contributed by atoms with Crippen LogP contribution >= 0.6 is 11.6 Å². The molecule has 3 aromatic rings. The highest BCUT2D eigenvalue weighted by Crippen LogP contribution is 2.35. The van der Waals surface area contributed by atoms with E-state index in [2.05, 4.69) is 5.10 Å². The first-order chi connectivity index (χ1) is 12.9. The van der Waals surface area contributed by atoms with Gasteiger partial charge in [0.1, 0.15) is 11.0 Å². The molecule has 138 valence electrons. The van der Waals surface area contributed by atoms with Crippen molar-refractivity contribution in [3.05, 3.63) is 76.9 Å². The van der Waals surface area contributed by atoms with Crippen LogP contribution in [0.3, 0.4) is 0 Å². The molecule has 0 saturated heterocycles. The minimum absolute atomic E-state index is 0.0927. The first-order valence-corrected chi connectivity index (χ1v) is 8.81. The molecule has 6 heteroatoms. The monoisotopic (exact) mass is 384 g/mol. The van der Waals surface area contributed by atoms with Crippen LogP contribution in [-0.2, 0) is 4.79 Å². The van der Waals surface area contributed by atoms with E-state index in [-0.39, 0.29) is 11.7 Å². The number of fused-ring (bicyclic) bond motifs is 1. The number of nitrogens with zero attached hydrogens (tertiary/aromatic N) is 2. The lowest BCUT2D eigenvalue weighted by Gasteiger charge is -2.16. The summed E-state index contributed by atoms with van der Waals surface area (Å²) < 4.78 is 15.1. The molecule has 0 atom stereocenters. The van der Waals surface area contributed by atoms with Gasteiger partial charge in [0.15, 0.2) is 0 Å². The minimum atomic E-state index is -1.02. The second kappa shape index (κ2) is 7.76. The minimum Gasteiger partial charge on any atom is -0.478 e. The van der Waals surface area contributed by atoms with Crippen molar-refractivity contribution >= 4 is 29.2 Å². The standard InChI is InChI=1S/C21H18ClFN2O2/c1-13(2)21-16(5-3-4-6-19(26)27)20(14-7-9-15(23)10-8-14)17-11-12-18(22)25(17)24-21/h3-13H,1-2H3,(H,26,27). The van der Waals surface area contributed by atoms with Crippen molar-refractivity contribution in [2.45, 2.75) is 19.8 Å². The van der Waals surface area contributed by atoms with Crippen LogP contribution in [0.1, 0.15) is 31.0 Å². The van der Waals surface area contributed by atoms with Gasteiger partial charge in [-0.05, 0) is 35.7 Å². The summed E-state index contributed by atoms with van der Waals surface area (Å²) in [6, 6.07) is 9.86. The SMILES string of the molecule is CC(C)c1nn2c(Cl)ccc2c(-c2ccc(F)cc2)c1C=CC=CC(=O)O. The van der Waals surface area contributed by atoms with E-state index >= 15 is 0 Å². The van der Waals surface area contributed by atoms with E-state index in [9.17, 15) is 9.18 Å². The van der Waals surface area contributed by atoms with Gasteiger partial charge in [0, 0.05) is 17.2 Å². The molecule has 0 bridgehead atoms. The molecule has 0 aliphatic carbocycles. The van der Waals surface area contributed by atoms with Gasteiger partial charge in [-0.15, -0.1) is 0 Å². The van der Waals surface area contributed by atoms with Crippen LogP contribution < -0.4 is 0 Å². The van der Waals surface area contributed by atoms with E-state index in [1.807, 2.05) is 26.0 Å². The molecule has 0 spiro atoms. The Bertz CT molecular complexity index is 1050. The average molecular weight is 385 g/mol. The van der Waals surface area contributed by atoms with Crippen molar-refractivity contribution in [2.24, 2.45) is 0 Å². The highest BCUT2D eigenvalue weighted by atomic mass is 35.5. The molecule has 2 heterocycles. The third-order valence-corrected chi connectivity index (χ3v) is 4.40. The molecule has 2 aromatic heterocycles. The van der Waals surface area contributed by atoms with Gasteiger partial charge in [0.05, 0.1) is 11.2 Å². The largest absolute Gasteiger partial charge is 0.478 e. The summed E-state index contributed by atoms with van der Waals surface area (Å²) in [6.07, 6.45) is 5.99. The van der Waals surface area contributed by atoms with E-state index in [0.29, 0.717) is 5.15 Å². The van der Waals surface area contributed by atoms with Crippen LogP contribution in [0.15, 0.2) is 54.6 Å². The lowest BCUT2D eigenvalue weighted by molar-refractivity contribution is -0.131. The number of rotatable bonds is 5. The van der Waals surface area contributed by atoms with Crippen LogP contribution in [-0.4, -0.2) is 20.7 Å². The highest BCUT2D eigenvalue weighted by Gasteiger charge is 2.18. The lowest BCUT2D eigenvalue weighted by atomic mass is 9.94. The number of allylic oxidation sites excluding steroid dienone is 2. The third kappa shape index (κ3) is 3.93. The fourth-order valence-corrected chi connectivity index (χ4v) is 3.12. The number of hydrogen-bond acceptors (Lipinski definition) is 2. The molecule has 0 aliphatic rings. The molecular weight excluding hydrogens is 367 g/mol. The van der Waals surface area contributed by atoms with Crippen LogP contribution in [0.25, 0.3) is 22.7 Å². The molecule has 1 aromatic carbocycles. The van der Waals surface area contributed by atoms with Crippen LogP contribution in [0.4, 0.5) is 4.39 Å². The predicted octanol–water partition coefficient (Wildman–Crippen LogP) is 5.57. The summed E-state index contributed by atoms with van der Waals surface area (Å²) in [4.78, 5) is 10.7. The van der Waals surface area contributed by atoms with Gasteiger partial charge in [-0.25, -0.2) is 13.7 Å². The van der Waals surface area contributed by atoms with E-state index in [1.165, 1.54) is 18.2 Å². The van der Waals surface area contributed by atoms with E-state index < -0.39 is 5.97 Å². The second-order valence-electron chi connectivity index (χ2n) is 6.35. The molecule has 0 aliphatic heterocycles. The highest BCUT2D eigenvalue weighted by molar-refractivity contribution is 6.30. The average Bonchev–Trinajstić information content (AvgIpc) is 2.99. The zero-order valence-electron chi connectivity index (χ0n) is 14.9. The molecule has 0 radical (unpaired) electrons. The number of carboxylic acid groups (broad SMARTS) is 1. The maximum atomic E-state index is 13.4. The first-order valence-electron chi connectivity index (χ1n) is 8.43. The Balaban J connectivity index is 2.32. The number of benzene rings is 1. The van der Waals surface area contributed by atoms with Crippen LogP contribution in [0.5, 0.6) is 0 Å². The Kier molecular flexibility index (Phi) is 5.42. The van der Waals surface area contributed by atoms with Gasteiger partial charge in [0.25, 0.3) is 0 Å². The third-order valence-electron chi connectivity index (χ3n) is 4.11. The molecule has 1 N–H and O–H groups in total. The smallest absolute Gasteiger partial charge is 0.328 e. The van der Waals surface area contributed by atoms with Gasteiger partial charge in [-0.3, -0.25) is 0 Å². The molecular formula is C21H18ClFN2O2. The Hall–Kier alpha value is -2.92. The molecule has 0 amide bonds. The van der Waals surface area contributed by atoms with Gasteiger partial charge in [-0.1, -0.05) is 55.8 Å². The van der Waals surface area contributed by atoms with Crippen molar-refractivity contribution in [1.29, 1.82) is 0 Å². The Morgan fingerprint density at radius 1 is 1.19 bits per heavy atom. The number of halogens is 2. The summed E-state index contributed by atoms with van der Waals surface area (Å²) in [7, 11) is 0. The summed E-state index contributed by atoms with van der Waals surface area (Å²) in [5.41, 5.74) is 4.12. The number of hydrogen-bond donors (Lipinski definition) is 1. The summed E-state index contributed by atoms with van der Waals surface area (Å²) in [6.45, 7) is 4.04. The quantitative estimate of drug-likeness (QED) is 0.462. The summed E-state index contributed by atoms with van der Waals surface area (Å²) in [5.74, 6) is -1.24. The first kappa shape index (κ1) is 18.9. The summed E-state index contributed by atoms with van der Waals surface area (Å²) in [5, 5.41) is 13.9. The maximum absolute atomic E-state index is 13.4. The van der Waals surface area contributed by atoms with Crippen LogP contribution in [0.2, 0.25) is 5.15 Å². The number of aliphatic carboxylic acids is 1. The van der Waals surface area contributed by atoms with E-state index in [0.717, 1.165) is 34.0 Å². The molecule has 0 saturated carbocycles. The Morgan fingerprint density at radius 3 is 2.52 bits per heavy atom. The zero-order valence-corrected chi connectivity index (χ0v) is 15.6. The second-order valence-corrected chi connectivity index (χ2v) is 6.73. The molecule has 4 nitrogen and oxygen atoms in total. The van der Waals surface area contributed by atoms with E-state index in [4.69, 9.17) is 16.7 Å². The summed E-state index contributed by atoms with van der Waals surface area (Å²) >= 11 is 6.29. The van der Waals surface area contributed by atoms with Crippen molar-refractivity contribution < 1.29 is 14.3 Å². The maximum Gasteiger partial charge on any atom is 0.328 e. The number of carbonyl (C=O) groups is 1. The molecule has 0 unspecified atom stereocenters. The van der Waals surface area contributed by atoms with Crippen molar-refractivity contribution in [3.63, 3.8) is 0 Å². The van der Waals surface area contributed by atoms with E-state index in [1.54, 1.807) is 28.8 Å². The fourth-order valence-electron chi connectivity index (χ4n) is 2.93. The van der Waals surface area contributed by atoms with Gasteiger partial charge in [0.2, 0.25) is 0 Å². The van der Waals surface area contributed by atoms with Crippen molar-refractivity contribution in [2.75, 3.05) is 0 Å².